The molecule has 0 amide bonds. The largest absolute Gasteiger partial charge is 0.357 e. The Morgan fingerprint density at radius 1 is 1.31 bits per heavy atom. The molecule has 2 atom stereocenters. The molecule has 0 bridgehead atoms. The number of guanidine groups is 1. The fourth-order valence-corrected chi connectivity index (χ4v) is 5.48. The normalized spacial score (nSPS) is 21.7. The van der Waals surface area contributed by atoms with Gasteiger partial charge in [-0.2, -0.15) is 0 Å². The average Bonchev–Trinajstić information content (AvgIpc) is 3.29. The first kappa shape index (κ1) is 19.4. The highest BCUT2D eigenvalue weighted by Crippen LogP contribution is 2.36. The lowest BCUT2D eigenvalue weighted by Gasteiger charge is -2.39. The van der Waals surface area contributed by atoms with Gasteiger partial charge in [0, 0.05) is 33.8 Å². The first-order chi connectivity index (χ1) is 12.7. The number of likely N-dealkylation sites (tertiary alicyclic amines) is 1. The van der Waals surface area contributed by atoms with E-state index in [-0.39, 0.29) is 0 Å². The summed E-state index contributed by atoms with van der Waals surface area (Å²) >= 11 is 3.70. The lowest BCUT2D eigenvalue weighted by molar-refractivity contribution is 0.125. The van der Waals surface area contributed by atoms with Crippen molar-refractivity contribution >= 4 is 28.6 Å². The molecule has 2 aromatic rings. The smallest absolute Gasteiger partial charge is 0.191 e. The van der Waals surface area contributed by atoms with Crippen molar-refractivity contribution in [3.63, 3.8) is 0 Å². The molecule has 3 rings (SSSR count). The van der Waals surface area contributed by atoms with Crippen LogP contribution < -0.4 is 10.6 Å². The van der Waals surface area contributed by atoms with Crippen LogP contribution >= 0.6 is 22.7 Å². The molecule has 1 fully saturated rings. The van der Waals surface area contributed by atoms with E-state index in [1.165, 1.54) is 34.0 Å². The zero-order chi connectivity index (χ0) is 18.4. The second-order valence-electron chi connectivity index (χ2n) is 6.93. The third kappa shape index (κ3) is 5.09. The molecule has 0 aromatic carbocycles. The summed E-state index contributed by atoms with van der Waals surface area (Å²) in [4.78, 5) is 11.4. The summed E-state index contributed by atoms with van der Waals surface area (Å²) in [7, 11) is 2.26. The minimum absolute atomic E-state index is 0.513. The van der Waals surface area contributed by atoms with Gasteiger partial charge in [0.1, 0.15) is 0 Å². The molecule has 1 aliphatic rings. The van der Waals surface area contributed by atoms with Gasteiger partial charge in [-0.15, -0.1) is 22.7 Å². The molecule has 2 N–H and O–H groups in total. The number of hydrogen-bond acceptors (Lipinski definition) is 4. The molecular weight excluding hydrogens is 360 g/mol. The van der Waals surface area contributed by atoms with Crippen LogP contribution in [-0.2, 0) is 6.54 Å². The van der Waals surface area contributed by atoms with Crippen molar-refractivity contribution in [3.05, 3.63) is 44.3 Å². The van der Waals surface area contributed by atoms with Crippen LogP contribution in [0.5, 0.6) is 0 Å². The predicted molar refractivity (Wildman–Crippen MR) is 114 cm³/mol. The number of aryl methyl sites for hydroxylation is 1. The highest BCUT2D eigenvalue weighted by Gasteiger charge is 2.31. The molecule has 0 spiro atoms. The van der Waals surface area contributed by atoms with Gasteiger partial charge in [0.2, 0.25) is 0 Å². The van der Waals surface area contributed by atoms with Crippen molar-refractivity contribution < 1.29 is 0 Å². The fourth-order valence-electron chi connectivity index (χ4n) is 3.68. The molecule has 0 aliphatic carbocycles. The molecule has 4 nitrogen and oxygen atoms in total. The summed E-state index contributed by atoms with van der Waals surface area (Å²) in [5, 5.41) is 9.19. The van der Waals surface area contributed by atoms with Crippen molar-refractivity contribution in [2.24, 2.45) is 10.9 Å². The van der Waals surface area contributed by atoms with E-state index in [2.05, 4.69) is 66.1 Å². The summed E-state index contributed by atoms with van der Waals surface area (Å²) in [5.74, 6) is 1.54. The van der Waals surface area contributed by atoms with Gasteiger partial charge in [0.05, 0.1) is 6.54 Å². The highest BCUT2D eigenvalue weighted by atomic mass is 32.1. The highest BCUT2D eigenvalue weighted by molar-refractivity contribution is 7.11. The van der Waals surface area contributed by atoms with Crippen LogP contribution in [0, 0.1) is 12.8 Å². The first-order valence-corrected chi connectivity index (χ1v) is 11.2. The molecule has 1 saturated heterocycles. The van der Waals surface area contributed by atoms with Gasteiger partial charge in [0.15, 0.2) is 5.96 Å². The second-order valence-corrected chi connectivity index (χ2v) is 9.28. The Morgan fingerprint density at radius 3 is 2.88 bits per heavy atom. The van der Waals surface area contributed by atoms with Crippen LogP contribution in [0.15, 0.2) is 34.6 Å². The number of nitrogens with one attached hydrogen (secondary N) is 2. The number of hydrogen-bond donors (Lipinski definition) is 2. The monoisotopic (exact) mass is 390 g/mol. The van der Waals surface area contributed by atoms with E-state index in [9.17, 15) is 0 Å². The van der Waals surface area contributed by atoms with E-state index in [1.807, 2.05) is 22.7 Å². The Bertz CT molecular complexity index is 692. The molecule has 142 valence electrons. The van der Waals surface area contributed by atoms with Gasteiger partial charge in [-0.25, -0.2) is 4.99 Å². The van der Waals surface area contributed by atoms with Crippen molar-refractivity contribution in [1.82, 2.24) is 15.5 Å². The standard InChI is InChI=1S/C20H30N4S2/c1-4-21-20(23-14-17-10-9-15(2)26-17)22-13-16-7-5-11-24(3)19(16)18-8-6-12-25-18/h6,8-10,12,16,19H,4-5,7,11,13-14H2,1-3H3,(H2,21,22,23). The Kier molecular flexibility index (Phi) is 7.11. The van der Waals surface area contributed by atoms with Crippen LogP contribution in [0.3, 0.4) is 0 Å². The minimum atomic E-state index is 0.513. The summed E-state index contributed by atoms with van der Waals surface area (Å²) in [6, 6.07) is 9.30. The quantitative estimate of drug-likeness (QED) is 0.572. The zero-order valence-corrected chi connectivity index (χ0v) is 17.6. The number of nitrogens with zero attached hydrogens (tertiary/aromatic N) is 2. The molecule has 6 heteroatoms. The minimum Gasteiger partial charge on any atom is -0.357 e. The van der Waals surface area contributed by atoms with Crippen LogP contribution in [0.25, 0.3) is 0 Å². The van der Waals surface area contributed by atoms with E-state index >= 15 is 0 Å². The van der Waals surface area contributed by atoms with Gasteiger partial charge in [0.25, 0.3) is 0 Å². The number of aliphatic imine (C=N–C) groups is 1. The van der Waals surface area contributed by atoms with Crippen LogP contribution in [0.1, 0.15) is 40.4 Å². The summed E-state index contributed by atoms with van der Waals surface area (Å²) < 4.78 is 0. The predicted octanol–water partition coefficient (Wildman–Crippen LogP) is 4.26. The van der Waals surface area contributed by atoms with Gasteiger partial charge < -0.3 is 10.6 Å². The first-order valence-electron chi connectivity index (χ1n) is 9.48. The van der Waals surface area contributed by atoms with Gasteiger partial charge in [-0.05, 0) is 69.8 Å². The third-order valence-electron chi connectivity index (χ3n) is 4.91. The van der Waals surface area contributed by atoms with Gasteiger partial charge in [-0.3, -0.25) is 4.90 Å². The van der Waals surface area contributed by atoms with E-state index in [0.717, 1.165) is 25.6 Å². The summed E-state index contributed by atoms with van der Waals surface area (Å²) in [6.45, 7) is 8.04. The maximum absolute atomic E-state index is 4.78. The van der Waals surface area contributed by atoms with Crippen molar-refractivity contribution in [1.29, 1.82) is 0 Å². The molecule has 26 heavy (non-hydrogen) atoms. The second kappa shape index (κ2) is 9.53. The lowest BCUT2D eigenvalue weighted by Crippen LogP contribution is -2.44. The topological polar surface area (TPSA) is 39.7 Å². The Labute approximate surface area is 165 Å². The zero-order valence-electron chi connectivity index (χ0n) is 16.0. The number of rotatable bonds is 6. The maximum Gasteiger partial charge on any atom is 0.191 e. The van der Waals surface area contributed by atoms with Crippen molar-refractivity contribution in [2.45, 2.75) is 39.3 Å². The van der Waals surface area contributed by atoms with Crippen LogP contribution in [0.4, 0.5) is 0 Å². The summed E-state index contributed by atoms with van der Waals surface area (Å²) in [6.07, 6.45) is 2.54. The molecule has 2 unspecified atom stereocenters. The Morgan fingerprint density at radius 2 is 2.19 bits per heavy atom. The SMILES string of the molecule is CCNC(=NCc1ccc(C)s1)NCC1CCCN(C)C1c1cccs1. The molecule has 0 saturated carbocycles. The van der Waals surface area contributed by atoms with Crippen molar-refractivity contribution in [2.75, 3.05) is 26.7 Å². The fraction of sp³-hybridized carbons (Fsp3) is 0.550. The number of piperidine rings is 1. The van der Waals surface area contributed by atoms with Crippen molar-refractivity contribution in [3.8, 4) is 0 Å². The average molecular weight is 391 g/mol. The van der Waals surface area contributed by atoms with E-state index in [0.29, 0.717) is 12.0 Å². The lowest BCUT2D eigenvalue weighted by atomic mass is 9.88. The summed E-state index contributed by atoms with van der Waals surface area (Å²) in [5.41, 5.74) is 0. The molecule has 0 radical (unpaired) electrons. The molecule has 1 aliphatic heterocycles. The van der Waals surface area contributed by atoms with Crippen LogP contribution in [0.2, 0.25) is 0 Å². The molecular formula is C20H30N4S2. The van der Waals surface area contributed by atoms with Gasteiger partial charge in [-0.1, -0.05) is 6.07 Å². The van der Waals surface area contributed by atoms with E-state index in [4.69, 9.17) is 4.99 Å². The Hall–Kier alpha value is -1.37. The van der Waals surface area contributed by atoms with E-state index in [1.54, 1.807) is 0 Å². The maximum atomic E-state index is 4.78. The van der Waals surface area contributed by atoms with Crippen LogP contribution in [-0.4, -0.2) is 37.5 Å². The molecule has 2 aromatic heterocycles. The third-order valence-corrected chi connectivity index (χ3v) is 6.84. The molecule has 3 heterocycles. The van der Waals surface area contributed by atoms with Gasteiger partial charge >= 0.3 is 0 Å². The Balaban J connectivity index is 1.63. The van der Waals surface area contributed by atoms with E-state index < -0.39 is 0 Å². The number of thiophene rings is 2.